The van der Waals surface area contributed by atoms with Gasteiger partial charge in [0.25, 0.3) is 5.91 Å². The maximum atomic E-state index is 13.0. The van der Waals surface area contributed by atoms with Gasteiger partial charge in [-0.1, -0.05) is 12.1 Å². The molecule has 3 aromatic rings. The number of H-pyrrole nitrogens is 1. The maximum absolute atomic E-state index is 13.0. The van der Waals surface area contributed by atoms with Crippen molar-refractivity contribution in [2.45, 2.75) is 25.7 Å². The number of nitrogens with one attached hydrogen (secondary N) is 2. The van der Waals surface area contributed by atoms with E-state index in [9.17, 15) is 27.6 Å². The van der Waals surface area contributed by atoms with Crippen LogP contribution in [0.4, 0.5) is 13.2 Å². The number of fused-ring (bicyclic) bond motifs is 1. The van der Waals surface area contributed by atoms with Crippen molar-refractivity contribution in [3.63, 3.8) is 0 Å². The van der Waals surface area contributed by atoms with E-state index in [4.69, 9.17) is 4.74 Å². The molecule has 1 unspecified atom stereocenters. The first kappa shape index (κ1) is 24.7. The van der Waals surface area contributed by atoms with Crippen LogP contribution < -0.4 is 16.4 Å². The summed E-state index contributed by atoms with van der Waals surface area (Å²) in [5.74, 6) is -0.410. The molecule has 1 amide bonds. The molecule has 0 bridgehead atoms. The fraction of sp³-hybridized carbons (Fsp3) is 0.375. The van der Waals surface area contributed by atoms with Crippen molar-refractivity contribution in [2.75, 3.05) is 32.8 Å². The number of hydrogen-bond donors (Lipinski definition) is 2. The van der Waals surface area contributed by atoms with Gasteiger partial charge in [0.2, 0.25) is 0 Å². The largest absolute Gasteiger partial charge is 0.416 e. The van der Waals surface area contributed by atoms with Gasteiger partial charge in [0.15, 0.2) is 0 Å². The van der Waals surface area contributed by atoms with E-state index in [0.29, 0.717) is 49.4 Å². The highest BCUT2D eigenvalue weighted by molar-refractivity contribution is 5.97. The first-order valence-corrected chi connectivity index (χ1v) is 11.2. The number of morpholine rings is 1. The van der Waals surface area contributed by atoms with Gasteiger partial charge in [-0.25, -0.2) is 0 Å². The molecule has 2 aromatic carbocycles. The van der Waals surface area contributed by atoms with E-state index < -0.39 is 28.8 Å². The second kappa shape index (κ2) is 10.0. The summed E-state index contributed by atoms with van der Waals surface area (Å²) in [6, 6.07) is 9.24. The van der Waals surface area contributed by atoms with E-state index in [1.165, 1.54) is 22.8 Å². The van der Waals surface area contributed by atoms with Gasteiger partial charge in [-0.3, -0.25) is 19.3 Å². The Morgan fingerprint density at radius 3 is 2.43 bits per heavy atom. The molecule has 0 saturated carbocycles. The van der Waals surface area contributed by atoms with Gasteiger partial charge in [0.1, 0.15) is 0 Å². The van der Waals surface area contributed by atoms with Crippen molar-refractivity contribution >= 4 is 16.9 Å². The minimum atomic E-state index is -4.43. The highest BCUT2D eigenvalue weighted by Gasteiger charge is 2.31. The van der Waals surface area contributed by atoms with Crippen LogP contribution in [0.5, 0.6) is 0 Å². The minimum Gasteiger partial charge on any atom is -0.379 e. The molecular weight excluding hydrogens is 465 g/mol. The number of carbonyl (C=O) groups excluding carboxylic acids is 1. The molecular formula is C24H25F3N4O4. The molecule has 2 heterocycles. The normalized spacial score (nSPS) is 15.8. The van der Waals surface area contributed by atoms with Crippen molar-refractivity contribution in [3.05, 3.63) is 79.9 Å². The Morgan fingerprint density at radius 1 is 1.11 bits per heavy atom. The molecule has 35 heavy (non-hydrogen) atoms. The van der Waals surface area contributed by atoms with Crippen LogP contribution in [-0.4, -0.2) is 53.2 Å². The second-order valence-electron chi connectivity index (χ2n) is 8.23. The van der Waals surface area contributed by atoms with Gasteiger partial charge < -0.3 is 19.6 Å². The summed E-state index contributed by atoms with van der Waals surface area (Å²) in [6.45, 7) is 4.34. The van der Waals surface area contributed by atoms with Crippen LogP contribution in [0.1, 0.15) is 34.5 Å². The Morgan fingerprint density at radius 2 is 1.80 bits per heavy atom. The molecule has 1 aliphatic rings. The number of halogens is 3. The lowest BCUT2D eigenvalue weighted by atomic mass is 10.0. The molecule has 8 nitrogen and oxygen atoms in total. The fourth-order valence-electron chi connectivity index (χ4n) is 4.27. The Balaban J connectivity index is 1.57. The second-order valence-corrected chi connectivity index (χ2v) is 8.23. The molecule has 4 rings (SSSR count). The Bertz CT molecular complexity index is 1330. The lowest BCUT2D eigenvalue weighted by Gasteiger charge is -2.35. The number of carbonyl (C=O) groups is 1. The molecule has 0 aliphatic carbocycles. The van der Waals surface area contributed by atoms with E-state index in [1.807, 2.05) is 0 Å². The van der Waals surface area contributed by atoms with E-state index in [-0.39, 0.29) is 18.2 Å². The fourth-order valence-corrected chi connectivity index (χ4v) is 4.27. The van der Waals surface area contributed by atoms with E-state index in [2.05, 4.69) is 15.2 Å². The van der Waals surface area contributed by atoms with Crippen LogP contribution in [0, 0.1) is 0 Å². The standard InChI is InChI=1S/C24H25F3N4O4/c1-2-31-19-8-5-16(13-18(19)29-22(33)23(31)34)21(32)28-14-20(30-9-11-35-12-10-30)15-3-6-17(7-4-15)24(25,26)27/h3-8,13,20H,2,9-12,14H2,1H3,(H,28,32)(H,29,33). The average molecular weight is 490 g/mol. The third-order valence-electron chi connectivity index (χ3n) is 6.12. The third kappa shape index (κ3) is 5.30. The number of hydrogen-bond acceptors (Lipinski definition) is 5. The number of benzene rings is 2. The monoisotopic (exact) mass is 490 g/mol. The SMILES string of the molecule is CCn1c(=O)c(=O)[nH]c2cc(C(=O)NCC(c3ccc(C(F)(F)F)cc3)N3CCOCC3)ccc21. The number of alkyl halides is 3. The Kier molecular flexibility index (Phi) is 7.08. The summed E-state index contributed by atoms with van der Waals surface area (Å²) in [5, 5.41) is 2.85. The zero-order valence-electron chi connectivity index (χ0n) is 19.0. The van der Waals surface area contributed by atoms with Crippen LogP contribution >= 0.6 is 0 Å². The van der Waals surface area contributed by atoms with Gasteiger partial charge in [-0.05, 0) is 42.8 Å². The van der Waals surface area contributed by atoms with Crippen LogP contribution in [0.2, 0.25) is 0 Å². The molecule has 186 valence electrons. The van der Waals surface area contributed by atoms with E-state index >= 15 is 0 Å². The van der Waals surface area contributed by atoms with Crippen LogP contribution in [0.15, 0.2) is 52.1 Å². The summed E-state index contributed by atoms with van der Waals surface area (Å²) >= 11 is 0. The van der Waals surface area contributed by atoms with Crippen molar-refractivity contribution < 1.29 is 22.7 Å². The lowest BCUT2D eigenvalue weighted by Crippen LogP contribution is -2.43. The summed E-state index contributed by atoms with van der Waals surface area (Å²) < 4.78 is 45.7. The zero-order valence-corrected chi connectivity index (χ0v) is 19.0. The molecule has 2 N–H and O–H groups in total. The topological polar surface area (TPSA) is 96.4 Å². The zero-order chi connectivity index (χ0) is 25.2. The molecule has 11 heteroatoms. The van der Waals surface area contributed by atoms with Crippen molar-refractivity contribution in [2.24, 2.45) is 0 Å². The lowest BCUT2D eigenvalue weighted by molar-refractivity contribution is -0.137. The molecule has 1 fully saturated rings. The number of aromatic amines is 1. The van der Waals surface area contributed by atoms with Crippen molar-refractivity contribution in [1.29, 1.82) is 0 Å². The highest BCUT2D eigenvalue weighted by Crippen LogP contribution is 2.31. The number of amides is 1. The van der Waals surface area contributed by atoms with Gasteiger partial charge in [-0.2, -0.15) is 13.2 Å². The van der Waals surface area contributed by atoms with Crippen molar-refractivity contribution in [3.8, 4) is 0 Å². The summed E-state index contributed by atoms with van der Waals surface area (Å²) in [6.07, 6.45) is -4.43. The van der Waals surface area contributed by atoms with E-state index in [1.54, 1.807) is 19.1 Å². The van der Waals surface area contributed by atoms with Crippen LogP contribution in [0.3, 0.4) is 0 Å². The number of nitrogens with zero attached hydrogens (tertiary/aromatic N) is 2. The molecule has 1 atom stereocenters. The maximum Gasteiger partial charge on any atom is 0.416 e. The Hall–Kier alpha value is -3.44. The first-order valence-electron chi connectivity index (χ1n) is 11.2. The van der Waals surface area contributed by atoms with Crippen molar-refractivity contribution in [1.82, 2.24) is 19.8 Å². The number of rotatable bonds is 6. The predicted molar refractivity (Wildman–Crippen MR) is 123 cm³/mol. The highest BCUT2D eigenvalue weighted by atomic mass is 19.4. The summed E-state index contributed by atoms with van der Waals surface area (Å²) in [5.41, 5.74) is -0.380. The summed E-state index contributed by atoms with van der Waals surface area (Å²) in [4.78, 5) is 41.5. The molecule has 1 aromatic heterocycles. The molecule has 1 aliphatic heterocycles. The quantitative estimate of drug-likeness (QED) is 0.518. The van der Waals surface area contributed by atoms with Gasteiger partial charge in [0.05, 0.1) is 35.9 Å². The molecule has 0 spiro atoms. The number of aromatic nitrogens is 2. The smallest absolute Gasteiger partial charge is 0.379 e. The average Bonchev–Trinajstić information content (AvgIpc) is 2.85. The van der Waals surface area contributed by atoms with Crippen LogP contribution in [0.25, 0.3) is 11.0 Å². The Labute approximate surface area is 198 Å². The third-order valence-corrected chi connectivity index (χ3v) is 6.12. The minimum absolute atomic E-state index is 0.160. The number of aryl methyl sites for hydroxylation is 1. The predicted octanol–water partition coefficient (Wildman–Crippen LogP) is 2.53. The van der Waals surface area contributed by atoms with Gasteiger partial charge in [0, 0.05) is 31.7 Å². The van der Waals surface area contributed by atoms with Crippen LogP contribution in [-0.2, 0) is 17.5 Å². The molecule has 1 saturated heterocycles. The molecule has 0 radical (unpaired) electrons. The van der Waals surface area contributed by atoms with Gasteiger partial charge >= 0.3 is 17.3 Å². The van der Waals surface area contributed by atoms with E-state index in [0.717, 1.165) is 12.1 Å². The first-order chi connectivity index (χ1) is 16.7. The summed E-state index contributed by atoms with van der Waals surface area (Å²) in [7, 11) is 0. The van der Waals surface area contributed by atoms with Gasteiger partial charge in [-0.15, -0.1) is 0 Å². The number of ether oxygens (including phenoxy) is 1.